The number of nitrogens with one attached hydrogen (secondary N) is 1. The Hall–Kier alpha value is -1.78. The highest BCUT2D eigenvalue weighted by Crippen LogP contribution is 2.15. The maximum Gasteiger partial charge on any atom is 0.227 e. The fourth-order valence-corrected chi connectivity index (χ4v) is 1.97. The summed E-state index contributed by atoms with van der Waals surface area (Å²) in [5.74, 6) is 0.748. The quantitative estimate of drug-likeness (QED) is 0.843. The summed E-state index contributed by atoms with van der Waals surface area (Å²) in [5.41, 5.74) is 0. The molecule has 17 heavy (non-hydrogen) atoms. The fourth-order valence-electron chi connectivity index (χ4n) is 1.97. The molecule has 0 saturated carbocycles. The van der Waals surface area contributed by atoms with Crippen molar-refractivity contribution in [3.05, 3.63) is 24.2 Å². The van der Waals surface area contributed by atoms with Gasteiger partial charge in [-0.05, 0) is 18.6 Å². The first kappa shape index (κ1) is 11.7. The van der Waals surface area contributed by atoms with Crippen molar-refractivity contribution in [2.45, 2.75) is 19.4 Å². The van der Waals surface area contributed by atoms with E-state index in [-0.39, 0.29) is 17.7 Å². The largest absolute Gasteiger partial charge is 0.467 e. The summed E-state index contributed by atoms with van der Waals surface area (Å²) in [7, 11) is 1.75. The van der Waals surface area contributed by atoms with E-state index in [0.29, 0.717) is 25.9 Å². The van der Waals surface area contributed by atoms with E-state index in [4.69, 9.17) is 4.42 Å². The minimum atomic E-state index is -0.104. The molecule has 5 heteroatoms. The maximum absolute atomic E-state index is 12.1. The second-order valence-corrected chi connectivity index (χ2v) is 4.31. The third-order valence-electron chi connectivity index (χ3n) is 2.96. The van der Waals surface area contributed by atoms with Gasteiger partial charge in [-0.1, -0.05) is 0 Å². The van der Waals surface area contributed by atoms with Gasteiger partial charge in [0.05, 0.1) is 18.7 Å². The van der Waals surface area contributed by atoms with Crippen LogP contribution in [0.3, 0.4) is 0 Å². The van der Waals surface area contributed by atoms with Gasteiger partial charge in [0, 0.05) is 20.0 Å². The Morgan fingerprint density at radius 3 is 3.06 bits per heavy atom. The van der Waals surface area contributed by atoms with Gasteiger partial charge in [0.15, 0.2) is 0 Å². The van der Waals surface area contributed by atoms with Gasteiger partial charge in [0.2, 0.25) is 11.8 Å². The minimum absolute atomic E-state index is 0.0303. The summed E-state index contributed by atoms with van der Waals surface area (Å²) >= 11 is 0. The molecule has 1 N–H and O–H groups in total. The first-order chi connectivity index (χ1) is 8.16. The van der Waals surface area contributed by atoms with E-state index in [1.54, 1.807) is 24.3 Å². The lowest BCUT2D eigenvalue weighted by Crippen LogP contribution is -2.43. The number of piperidine rings is 1. The maximum atomic E-state index is 12.1. The van der Waals surface area contributed by atoms with Crippen molar-refractivity contribution in [2.24, 2.45) is 5.92 Å². The first-order valence-corrected chi connectivity index (χ1v) is 5.71. The predicted octanol–water partition coefficient (Wildman–Crippen LogP) is 0.764. The zero-order valence-corrected chi connectivity index (χ0v) is 9.81. The number of nitrogens with zero attached hydrogens (tertiary/aromatic N) is 1. The molecule has 1 unspecified atom stereocenters. The normalized spacial score (nSPS) is 19.8. The zero-order valence-electron chi connectivity index (χ0n) is 9.81. The zero-order chi connectivity index (χ0) is 12.3. The van der Waals surface area contributed by atoms with E-state index in [1.807, 2.05) is 6.07 Å². The highest BCUT2D eigenvalue weighted by atomic mass is 16.3. The molecule has 1 aliphatic heterocycles. The molecular weight excluding hydrogens is 220 g/mol. The van der Waals surface area contributed by atoms with Gasteiger partial charge in [-0.3, -0.25) is 9.59 Å². The Morgan fingerprint density at radius 1 is 1.65 bits per heavy atom. The van der Waals surface area contributed by atoms with E-state index >= 15 is 0 Å². The first-order valence-electron chi connectivity index (χ1n) is 5.71. The molecule has 1 saturated heterocycles. The molecule has 1 atom stereocenters. The number of carbonyl (C=O) groups excluding carboxylic acids is 2. The Kier molecular flexibility index (Phi) is 3.46. The third-order valence-corrected chi connectivity index (χ3v) is 2.96. The van der Waals surface area contributed by atoms with Gasteiger partial charge >= 0.3 is 0 Å². The molecule has 5 nitrogen and oxygen atoms in total. The number of hydrogen-bond acceptors (Lipinski definition) is 3. The Labute approximate surface area is 99.8 Å². The topological polar surface area (TPSA) is 62.6 Å². The summed E-state index contributed by atoms with van der Waals surface area (Å²) in [4.78, 5) is 24.7. The van der Waals surface area contributed by atoms with Crippen molar-refractivity contribution in [3.8, 4) is 0 Å². The number of hydrogen-bond donors (Lipinski definition) is 1. The minimum Gasteiger partial charge on any atom is -0.467 e. The third kappa shape index (κ3) is 2.87. The number of carbonyl (C=O) groups is 2. The van der Waals surface area contributed by atoms with Crippen LogP contribution in [0.15, 0.2) is 22.8 Å². The van der Waals surface area contributed by atoms with Crippen molar-refractivity contribution < 1.29 is 14.0 Å². The van der Waals surface area contributed by atoms with E-state index < -0.39 is 0 Å². The van der Waals surface area contributed by atoms with E-state index in [0.717, 1.165) is 5.76 Å². The monoisotopic (exact) mass is 236 g/mol. The summed E-state index contributed by atoms with van der Waals surface area (Å²) in [6, 6.07) is 3.64. The van der Waals surface area contributed by atoms with Gasteiger partial charge < -0.3 is 14.6 Å². The molecule has 2 amide bonds. The van der Waals surface area contributed by atoms with Crippen molar-refractivity contribution in [2.75, 3.05) is 13.6 Å². The lowest BCUT2D eigenvalue weighted by atomic mass is 9.98. The summed E-state index contributed by atoms with van der Waals surface area (Å²) in [6.45, 7) is 0.913. The van der Waals surface area contributed by atoms with Crippen LogP contribution < -0.4 is 5.32 Å². The summed E-state index contributed by atoms with van der Waals surface area (Å²) in [6.07, 6.45) is 2.66. The molecule has 2 rings (SSSR count). The van der Waals surface area contributed by atoms with Crippen molar-refractivity contribution in [1.29, 1.82) is 0 Å². The average Bonchev–Trinajstić information content (AvgIpc) is 2.82. The van der Waals surface area contributed by atoms with Gasteiger partial charge in [-0.15, -0.1) is 0 Å². The van der Waals surface area contributed by atoms with Crippen LogP contribution >= 0.6 is 0 Å². The smallest absolute Gasteiger partial charge is 0.227 e. The molecule has 0 aliphatic carbocycles. The van der Waals surface area contributed by atoms with Crippen molar-refractivity contribution in [3.63, 3.8) is 0 Å². The van der Waals surface area contributed by atoms with Gasteiger partial charge in [0.1, 0.15) is 5.76 Å². The molecule has 92 valence electrons. The molecule has 1 aromatic heterocycles. The van der Waals surface area contributed by atoms with E-state index in [9.17, 15) is 9.59 Å². The van der Waals surface area contributed by atoms with E-state index in [1.165, 1.54) is 0 Å². The molecule has 0 spiro atoms. The average molecular weight is 236 g/mol. The molecule has 2 heterocycles. The summed E-state index contributed by atoms with van der Waals surface area (Å²) < 4.78 is 5.20. The van der Waals surface area contributed by atoms with E-state index in [2.05, 4.69) is 5.32 Å². The number of rotatable bonds is 3. The van der Waals surface area contributed by atoms with Crippen LogP contribution in [0.5, 0.6) is 0 Å². The van der Waals surface area contributed by atoms with Crippen LogP contribution in [-0.4, -0.2) is 30.3 Å². The lowest BCUT2D eigenvalue weighted by molar-refractivity contribution is -0.137. The second kappa shape index (κ2) is 5.03. The predicted molar refractivity (Wildman–Crippen MR) is 60.9 cm³/mol. The Morgan fingerprint density at radius 2 is 2.47 bits per heavy atom. The van der Waals surface area contributed by atoms with Crippen LogP contribution in [0.1, 0.15) is 18.6 Å². The number of amides is 2. The lowest BCUT2D eigenvalue weighted by Gasteiger charge is -2.26. The molecule has 0 radical (unpaired) electrons. The molecule has 0 bridgehead atoms. The second-order valence-electron chi connectivity index (χ2n) is 4.31. The molecule has 1 aliphatic rings. The Balaban J connectivity index is 1.88. The van der Waals surface area contributed by atoms with Gasteiger partial charge in [0.25, 0.3) is 0 Å². The molecule has 1 aromatic rings. The highest BCUT2D eigenvalue weighted by molar-refractivity contribution is 5.83. The highest BCUT2D eigenvalue weighted by Gasteiger charge is 2.26. The Bertz CT molecular complexity index is 390. The van der Waals surface area contributed by atoms with Crippen molar-refractivity contribution >= 4 is 11.8 Å². The molecule has 1 fully saturated rings. The standard InChI is InChI=1S/C12H16N2O3/c1-14(8-10-3-2-6-17-10)12(16)9-4-5-11(15)13-7-9/h2-3,6,9H,4-5,7-8H2,1H3,(H,13,15). The molecular formula is C12H16N2O3. The van der Waals surface area contributed by atoms with Crippen LogP contribution in [0, 0.1) is 5.92 Å². The van der Waals surface area contributed by atoms with Crippen LogP contribution in [0.25, 0.3) is 0 Å². The van der Waals surface area contributed by atoms with Gasteiger partial charge in [-0.2, -0.15) is 0 Å². The SMILES string of the molecule is CN(Cc1ccco1)C(=O)C1CCC(=O)NC1. The van der Waals surface area contributed by atoms with Crippen LogP contribution in [0.4, 0.5) is 0 Å². The van der Waals surface area contributed by atoms with Crippen LogP contribution in [-0.2, 0) is 16.1 Å². The van der Waals surface area contributed by atoms with Crippen molar-refractivity contribution in [1.82, 2.24) is 10.2 Å². The van der Waals surface area contributed by atoms with Crippen LogP contribution in [0.2, 0.25) is 0 Å². The fraction of sp³-hybridized carbons (Fsp3) is 0.500. The van der Waals surface area contributed by atoms with Gasteiger partial charge in [-0.25, -0.2) is 0 Å². The molecule has 0 aromatic carbocycles. The number of furan rings is 1. The summed E-state index contributed by atoms with van der Waals surface area (Å²) in [5, 5.41) is 2.72.